The first-order chi connectivity index (χ1) is 26.9. The van der Waals surface area contributed by atoms with Crippen LogP contribution < -0.4 is 35.2 Å². The molecule has 6 aromatic carbocycles. The summed E-state index contributed by atoms with van der Waals surface area (Å²) >= 11 is 1.18. The van der Waals surface area contributed by atoms with Crippen LogP contribution in [-0.4, -0.2) is 19.9 Å². The maximum Gasteiger partial charge on any atom is -0.172 e. The standard InChI is InChI=1S/C39H49Si2.C8H5F3.C5H5.2ClH.Zr/c1-38(2,3)34-24-30-26(22-32(34)28-17-13-15-19-36(28)40(7,8)9)21-27-23-33(35(25-31(27)30)39(4,5)6)29-18-14-16-20-37(29)41(10,11)12;1-6-2-4-7(5-3-6)8(9,10)11;1-2-4-5-3-1;;;/h13-20,22,24-25H,21H2,1-12H3;1-5H;1-5H;2*1H;/q-1;;-1;;;+2/p-2. The molecular weight excluding hydrogens is 900 g/mol. The molecule has 316 valence electrons. The Hall–Kier alpha value is -2.99. The minimum atomic E-state index is -4.22. The minimum Gasteiger partial charge on any atom is -1.00 e. The Balaban J connectivity index is 0.000000420. The quantitative estimate of drug-likeness (QED) is 0.122. The smallest absolute Gasteiger partial charge is 0.172 e. The van der Waals surface area contributed by atoms with Gasteiger partial charge in [0, 0.05) is 0 Å². The van der Waals surface area contributed by atoms with Gasteiger partial charge in [0.1, 0.15) is 0 Å². The third-order valence-electron chi connectivity index (χ3n) is 10.7. The fraction of sp³-hybridized carbons (Fsp3) is 0.308. The molecule has 0 aliphatic heterocycles. The average Bonchev–Trinajstić information content (AvgIpc) is 3.84. The number of benzene rings is 5. The summed E-state index contributed by atoms with van der Waals surface area (Å²) in [6, 6.07) is 45.1. The van der Waals surface area contributed by atoms with Gasteiger partial charge in [-0.25, -0.2) is 12.1 Å². The van der Waals surface area contributed by atoms with Crippen molar-refractivity contribution in [3.05, 3.63) is 161 Å². The Labute approximate surface area is 388 Å². The Morgan fingerprint density at radius 2 is 1.07 bits per heavy atom. The fourth-order valence-corrected chi connectivity index (χ4v) is 11.4. The van der Waals surface area contributed by atoms with E-state index in [1.807, 2.05) is 34.0 Å². The molecule has 0 amide bonds. The monoisotopic (exact) mass is 956 g/mol. The molecule has 1 aliphatic rings. The Morgan fingerprint density at radius 1 is 0.583 bits per heavy atom. The summed E-state index contributed by atoms with van der Waals surface area (Å²) in [4.78, 5) is 0. The molecule has 1 aliphatic carbocycles. The van der Waals surface area contributed by atoms with Gasteiger partial charge in [-0.15, -0.1) is 28.8 Å². The van der Waals surface area contributed by atoms with Gasteiger partial charge in [0.15, 0.2) is 0 Å². The summed E-state index contributed by atoms with van der Waals surface area (Å²) in [7, 11) is -3.07. The maximum atomic E-state index is 12.0. The summed E-state index contributed by atoms with van der Waals surface area (Å²) in [5.41, 5.74) is 14.3. The zero-order chi connectivity index (χ0) is 42.8. The number of hydrogen-bond donors (Lipinski definition) is 0. The summed E-state index contributed by atoms with van der Waals surface area (Å²) in [5.74, 6) is 0. The first-order valence-corrected chi connectivity index (χ1v) is 28.6. The summed E-state index contributed by atoms with van der Waals surface area (Å²) < 4.78 is 37.9. The number of halogens is 5. The third-order valence-corrected chi connectivity index (χ3v) is 15.6. The van der Waals surface area contributed by atoms with Crippen molar-refractivity contribution >= 4 is 30.2 Å². The molecule has 7 rings (SSSR count). The van der Waals surface area contributed by atoms with E-state index in [1.54, 1.807) is 5.19 Å². The van der Waals surface area contributed by atoms with Gasteiger partial charge in [-0.1, -0.05) is 169 Å². The average molecular weight is 959 g/mol. The molecule has 6 aromatic rings. The van der Waals surface area contributed by atoms with Gasteiger partial charge in [-0.3, -0.25) is 0 Å². The molecule has 8 heteroatoms. The van der Waals surface area contributed by atoms with Crippen molar-refractivity contribution in [3.8, 4) is 33.4 Å². The number of hydrogen-bond acceptors (Lipinski definition) is 0. The van der Waals surface area contributed by atoms with Crippen LogP contribution in [0.3, 0.4) is 0 Å². The van der Waals surface area contributed by atoms with E-state index in [0.29, 0.717) is 0 Å². The van der Waals surface area contributed by atoms with E-state index in [0.717, 1.165) is 24.1 Å². The van der Waals surface area contributed by atoms with Crippen molar-refractivity contribution in [2.45, 2.75) is 104 Å². The molecular formula is C52H59Cl2F3Si2Zr-2. The van der Waals surface area contributed by atoms with Gasteiger partial charge < -0.3 is 24.8 Å². The molecule has 0 spiro atoms. The molecule has 0 saturated carbocycles. The summed E-state index contributed by atoms with van der Waals surface area (Å²) in [6.45, 7) is 29.0. The second-order valence-electron chi connectivity index (χ2n) is 19.5. The van der Waals surface area contributed by atoms with E-state index in [-0.39, 0.29) is 35.6 Å². The van der Waals surface area contributed by atoms with Crippen molar-refractivity contribution in [1.29, 1.82) is 0 Å². The molecule has 60 heavy (non-hydrogen) atoms. The SMILES string of the molecule is CC(C)(C)c1cc2c([c-]c1-c1ccccc1[Si](C)(C)C)Cc1cc(-c3ccccc3[Si](C)(C)C)c(C(C)(C)C)cc1-2.FC(F)(F)c1ccc([CH]=[Zr+2])cc1.[Cl-].[Cl-].c1cc[cH-]c1. The number of fused-ring (bicyclic) bond motifs is 3. The Bertz CT molecular complexity index is 2210. The van der Waals surface area contributed by atoms with Crippen molar-refractivity contribution in [1.82, 2.24) is 0 Å². The molecule has 0 unspecified atom stereocenters. The van der Waals surface area contributed by atoms with Gasteiger partial charge in [0.05, 0.1) is 16.1 Å². The van der Waals surface area contributed by atoms with Gasteiger partial charge in [0.2, 0.25) is 0 Å². The van der Waals surface area contributed by atoms with Crippen molar-refractivity contribution in [2.75, 3.05) is 0 Å². The summed E-state index contributed by atoms with van der Waals surface area (Å²) in [6.07, 6.45) is -3.27. The second-order valence-corrected chi connectivity index (χ2v) is 30.3. The first kappa shape index (κ1) is 51.4. The second kappa shape index (κ2) is 20.0. The van der Waals surface area contributed by atoms with Crippen molar-refractivity contribution in [2.24, 2.45) is 0 Å². The predicted molar refractivity (Wildman–Crippen MR) is 246 cm³/mol. The van der Waals surface area contributed by atoms with Crippen molar-refractivity contribution < 1.29 is 62.2 Å². The van der Waals surface area contributed by atoms with E-state index in [1.165, 1.54) is 97.2 Å². The van der Waals surface area contributed by atoms with Crippen LogP contribution >= 0.6 is 0 Å². The molecule has 0 atom stereocenters. The Morgan fingerprint density at radius 3 is 1.52 bits per heavy atom. The van der Waals surface area contributed by atoms with Crippen LogP contribution in [0.15, 0.2) is 121 Å². The van der Waals surface area contributed by atoms with E-state index >= 15 is 0 Å². The van der Waals surface area contributed by atoms with E-state index in [2.05, 4.69) is 154 Å². The molecule has 0 N–H and O–H groups in total. The van der Waals surface area contributed by atoms with Crippen LogP contribution in [0.4, 0.5) is 13.2 Å². The summed E-state index contributed by atoms with van der Waals surface area (Å²) in [5, 5.41) is 3.07. The zero-order valence-corrected chi connectivity index (χ0v) is 43.2. The first-order valence-electron chi connectivity index (χ1n) is 20.2. The van der Waals surface area contributed by atoms with Crippen LogP contribution in [-0.2, 0) is 47.7 Å². The zero-order valence-electron chi connectivity index (χ0n) is 37.2. The van der Waals surface area contributed by atoms with Gasteiger partial charge in [-0.2, -0.15) is 18.2 Å². The van der Waals surface area contributed by atoms with E-state index in [9.17, 15) is 13.2 Å². The van der Waals surface area contributed by atoms with Crippen LogP contribution in [0.1, 0.15) is 74.9 Å². The third kappa shape index (κ3) is 12.3. The van der Waals surface area contributed by atoms with Crippen LogP contribution in [0, 0.1) is 6.07 Å². The normalized spacial score (nSPS) is 12.3. The van der Waals surface area contributed by atoms with Gasteiger partial charge >= 0.3 is 82.7 Å². The van der Waals surface area contributed by atoms with E-state index < -0.39 is 27.9 Å². The predicted octanol–water partition coefficient (Wildman–Crippen LogP) is 7.89. The number of alkyl halides is 3. The molecule has 0 heterocycles. The molecule has 0 saturated heterocycles. The van der Waals surface area contributed by atoms with Gasteiger partial charge in [-0.05, 0) is 39.5 Å². The largest absolute Gasteiger partial charge is 1.00 e. The minimum absolute atomic E-state index is 0. The molecule has 0 bridgehead atoms. The topological polar surface area (TPSA) is 0 Å². The number of rotatable bonds is 5. The molecule has 0 nitrogen and oxygen atoms in total. The fourth-order valence-electron chi connectivity index (χ4n) is 7.66. The van der Waals surface area contributed by atoms with Crippen LogP contribution in [0.2, 0.25) is 39.3 Å². The molecule has 0 radical (unpaired) electrons. The Kier molecular flexibility index (Phi) is 17.1. The van der Waals surface area contributed by atoms with Crippen LogP contribution in [0.25, 0.3) is 33.4 Å². The van der Waals surface area contributed by atoms with Crippen LogP contribution in [0.5, 0.6) is 0 Å². The maximum absolute atomic E-state index is 12.0. The van der Waals surface area contributed by atoms with E-state index in [4.69, 9.17) is 0 Å². The molecule has 0 fully saturated rings. The molecule has 0 aromatic heterocycles. The van der Waals surface area contributed by atoms with Crippen molar-refractivity contribution in [3.63, 3.8) is 0 Å². The van der Waals surface area contributed by atoms with Gasteiger partial charge in [0.25, 0.3) is 0 Å².